The highest BCUT2D eigenvalue weighted by atomic mass is 79.9. The van der Waals surface area contributed by atoms with Crippen molar-refractivity contribution < 1.29 is 15.3 Å². The molecule has 1 unspecified atom stereocenters. The van der Waals surface area contributed by atoms with Crippen molar-refractivity contribution in [1.82, 2.24) is 4.90 Å². The highest BCUT2D eigenvalue weighted by Gasteiger charge is 2.25. The Balaban J connectivity index is 2.56. The van der Waals surface area contributed by atoms with Crippen molar-refractivity contribution in [2.75, 3.05) is 33.4 Å². The second-order valence-corrected chi connectivity index (χ2v) is 6.31. The Labute approximate surface area is 122 Å². The fourth-order valence-electron chi connectivity index (χ4n) is 1.95. The van der Waals surface area contributed by atoms with E-state index in [0.717, 1.165) is 10.0 Å². The van der Waals surface area contributed by atoms with Gasteiger partial charge in [0.1, 0.15) is 0 Å². The van der Waals surface area contributed by atoms with Crippen LogP contribution in [0.5, 0.6) is 0 Å². The molecule has 19 heavy (non-hydrogen) atoms. The van der Waals surface area contributed by atoms with E-state index < -0.39 is 11.5 Å². The molecular weight excluding hydrogens is 310 g/mol. The minimum atomic E-state index is -0.584. The van der Waals surface area contributed by atoms with Crippen LogP contribution in [-0.4, -0.2) is 53.6 Å². The van der Waals surface area contributed by atoms with Crippen LogP contribution in [0.15, 0.2) is 28.7 Å². The normalized spacial score (nSPS) is 13.8. The van der Waals surface area contributed by atoms with E-state index in [-0.39, 0.29) is 13.2 Å². The Kier molecular flexibility index (Phi) is 6.42. The number of hydrogen-bond acceptors (Lipinski definition) is 4. The summed E-state index contributed by atoms with van der Waals surface area (Å²) < 4.78 is 0.977. The molecule has 1 rings (SSSR count). The largest absolute Gasteiger partial charge is 0.396 e. The molecule has 1 aromatic carbocycles. The summed E-state index contributed by atoms with van der Waals surface area (Å²) >= 11 is 3.36. The molecule has 0 spiro atoms. The maximum Gasteiger partial charge on any atom is 0.0916 e. The third kappa shape index (κ3) is 5.20. The van der Waals surface area contributed by atoms with Gasteiger partial charge in [-0.05, 0) is 24.7 Å². The number of halogens is 1. The molecule has 3 N–H and O–H groups in total. The maximum absolute atomic E-state index is 10.1. The molecule has 0 aromatic heterocycles. The lowest BCUT2D eigenvalue weighted by Gasteiger charge is -2.31. The summed E-state index contributed by atoms with van der Waals surface area (Å²) in [6.07, 6.45) is -0.584. The van der Waals surface area contributed by atoms with Crippen molar-refractivity contribution in [3.8, 4) is 0 Å². The first kappa shape index (κ1) is 16.6. The van der Waals surface area contributed by atoms with Crippen LogP contribution >= 0.6 is 15.9 Å². The Morgan fingerprint density at radius 2 is 1.74 bits per heavy atom. The Hall–Kier alpha value is -0.460. The lowest BCUT2D eigenvalue weighted by Crippen LogP contribution is -2.40. The van der Waals surface area contributed by atoms with Crippen molar-refractivity contribution in [3.05, 3.63) is 34.3 Å². The zero-order chi connectivity index (χ0) is 14.5. The van der Waals surface area contributed by atoms with Gasteiger partial charge in [-0.15, -0.1) is 0 Å². The van der Waals surface area contributed by atoms with Gasteiger partial charge in [0, 0.05) is 23.0 Å². The highest BCUT2D eigenvalue weighted by Crippen LogP contribution is 2.20. The van der Waals surface area contributed by atoms with Crippen LogP contribution in [0.3, 0.4) is 0 Å². The van der Waals surface area contributed by atoms with Crippen LogP contribution in [-0.2, 0) is 0 Å². The lowest BCUT2D eigenvalue weighted by atomic mass is 9.92. The average Bonchev–Trinajstić information content (AvgIpc) is 2.39. The summed E-state index contributed by atoms with van der Waals surface area (Å²) in [5.41, 5.74) is 0.304. The Bertz CT molecular complexity index is 379. The van der Waals surface area contributed by atoms with Crippen LogP contribution in [0.25, 0.3) is 0 Å². The van der Waals surface area contributed by atoms with Gasteiger partial charge in [-0.1, -0.05) is 35.0 Å². The van der Waals surface area contributed by atoms with Crippen LogP contribution in [0.4, 0.5) is 0 Å². The standard InChI is InChI=1S/C14H22BrNO3/c1-14(9-17,10-18)8-16(2)7-13(19)11-3-5-12(15)6-4-11/h3-6,13,17-19H,7-10H2,1-2H3. The van der Waals surface area contributed by atoms with E-state index in [0.29, 0.717) is 13.1 Å². The molecule has 0 amide bonds. The van der Waals surface area contributed by atoms with Gasteiger partial charge >= 0.3 is 0 Å². The quantitative estimate of drug-likeness (QED) is 0.706. The number of aliphatic hydroxyl groups excluding tert-OH is 3. The first-order chi connectivity index (χ1) is 8.90. The first-order valence-electron chi connectivity index (χ1n) is 6.24. The first-order valence-corrected chi connectivity index (χ1v) is 7.03. The van der Waals surface area contributed by atoms with Crippen molar-refractivity contribution in [2.24, 2.45) is 5.41 Å². The number of nitrogens with zero attached hydrogens (tertiary/aromatic N) is 1. The molecule has 1 atom stereocenters. The summed E-state index contributed by atoms with van der Waals surface area (Å²) in [5.74, 6) is 0. The van der Waals surface area contributed by atoms with Gasteiger partial charge in [0.15, 0.2) is 0 Å². The number of likely N-dealkylation sites (N-methyl/N-ethyl adjacent to an activating group) is 1. The summed E-state index contributed by atoms with van der Waals surface area (Å²) in [6, 6.07) is 7.54. The van der Waals surface area contributed by atoms with Crippen LogP contribution in [0.2, 0.25) is 0 Å². The number of rotatable bonds is 7. The predicted molar refractivity (Wildman–Crippen MR) is 78.9 cm³/mol. The van der Waals surface area contributed by atoms with E-state index in [1.807, 2.05) is 43.1 Å². The monoisotopic (exact) mass is 331 g/mol. The Morgan fingerprint density at radius 3 is 2.21 bits per heavy atom. The topological polar surface area (TPSA) is 63.9 Å². The average molecular weight is 332 g/mol. The SMILES string of the molecule is CN(CC(O)c1ccc(Br)cc1)CC(C)(CO)CO. The van der Waals surface area contributed by atoms with Crippen LogP contribution in [0.1, 0.15) is 18.6 Å². The van der Waals surface area contributed by atoms with Crippen LogP contribution in [0, 0.1) is 5.41 Å². The van der Waals surface area contributed by atoms with Crippen molar-refractivity contribution in [3.63, 3.8) is 0 Å². The summed E-state index contributed by atoms with van der Waals surface area (Å²) in [7, 11) is 1.87. The summed E-state index contributed by atoms with van der Waals surface area (Å²) in [6.45, 7) is 2.63. The van der Waals surface area contributed by atoms with Gasteiger partial charge in [-0.2, -0.15) is 0 Å². The lowest BCUT2D eigenvalue weighted by molar-refractivity contribution is 0.0280. The minimum Gasteiger partial charge on any atom is -0.396 e. The molecule has 0 heterocycles. The summed E-state index contributed by atoms with van der Waals surface area (Å²) in [4.78, 5) is 1.92. The van der Waals surface area contributed by atoms with Crippen molar-refractivity contribution in [2.45, 2.75) is 13.0 Å². The van der Waals surface area contributed by atoms with Gasteiger partial charge in [-0.25, -0.2) is 0 Å². The molecule has 108 valence electrons. The highest BCUT2D eigenvalue weighted by molar-refractivity contribution is 9.10. The van der Waals surface area contributed by atoms with Crippen LogP contribution < -0.4 is 0 Å². The molecule has 0 fully saturated rings. The molecule has 0 aliphatic carbocycles. The summed E-state index contributed by atoms with van der Waals surface area (Å²) in [5, 5.41) is 28.7. The molecule has 0 radical (unpaired) electrons. The molecule has 1 aromatic rings. The van der Waals surface area contributed by atoms with Gasteiger partial charge in [-0.3, -0.25) is 0 Å². The molecule has 4 nitrogen and oxygen atoms in total. The minimum absolute atomic E-state index is 0.0811. The zero-order valence-electron chi connectivity index (χ0n) is 11.4. The van der Waals surface area contributed by atoms with E-state index in [9.17, 15) is 15.3 Å². The third-order valence-electron chi connectivity index (χ3n) is 3.15. The molecule has 0 bridgehead atoms. The van der Waals surface area contributed by atoms with E-state index in [4.69, 9.17) is 0 Å². The zero-order valence-corrected chi connectivity index (χ0v) is 13.0. The van der Waals surface area contributed by atoms with Gasteiger partial charge in [0.25, 0.3) is 0 Å². The van der Waals surface area contributed by atoms with E-state index in [1.54, 1.807) is 0 Å². The van der Waals surface area contributed by atoms with Gasteiger partial charge in [0.2, 0.25) is 0 Å². The maximum atomic E-state index is 10.1. The fraction of sp³-hybridized carbons (Fsp3) is 0.571. The molecule has 5 heteroatoms. The second kappa shape index (κ2) is 7.36. The third-order valence-corrected chi connectivity index (χ3v) is 3.68. The predicted octanol–water partition coefficient (Wildman–Crippen LogP) is 1.41. The van der Waals surface area contributed by atoms with E-state index >= 15 is 0 Å². The smallest absolute Gasteiger partial charge is 0.0916 e. The molecule has 0 saturated carbocycles. The molecule has 0 aliphatic rings. The van der Waals surface area contributed by atoms with Gasteiger partial charge in [0.05, 0.1) is 19.3 Å². The van der Waals surface area contributed by atoms with Crippen molar-refractivity contribution >= 4 is 15.9 Å². The number of benzene rings is 1. The van der Waals surface area contributed by atoms with Gasteiger partial charge < -0.3 is 20.2 Å². The second-order valence-electron chi connectivity index (χ2n) is 5.39. The number of hydrogen-bond donors (Lipinski definition) is 3. The molecule has 0 saturated heterocycles. The molecular formula is C14H22BrNO3. The van der Waals surface area contributed by atoms with Crippen molar-refractivity contribution in [1.29, 1.82) is 0 Å². The molecule has 0 aliphatic heterocycles. The van der Waals surface area contributed by atoms with E-state index in [1.165, 1.54) is 0 Å². The fourth-order valence-corrected chi connectivity index (χ4v) is 2.22. The van der Waals surface area contributed by atoms with E-state index in [2.05, 4.69) is 15.9 Å². The Morgan fingerprint density at radius 1 is 1.21 bits per heavy atom. The number of aliphatic hydroxyl groups is 3.